The molecular formula is C15H12N2O2. The molecule has 0 saturated carbocycles. The highest BCUT2D eigenvalue weighted by molar-refractivity contribution is 6.19. The lowest BCUT2D eigenvalue weighted by molar-refractivity contribution is -0.138. The SMILES string of the molecule is CC1=C(C#N)C(=O)N(C)C(=O)/C1=C\c1ccccc1. The lowest BCUT2D eigenvalue weighted by atomic mass is 9.94. The van der Waals surface area contributed by atoms with Gasteiger partial charge in [0, 0.05) is 12.6 Å². The zero-order valence-electron chi connectivity index (χ0n) is 10.7. The molecule has 0 aromatic heterocycles. The second-order valence-corrected chi connectivity index (χ2v) is 4.25. The Kier molecular flexibility index (Phi) is 3.30. The summed E-state index contributed by atoms with van der Waals surface area (Å²) in [6.45, 7) is 1.62. The van der Waals surface area contributed by atoms with Crippen molar-refractivity contribution in [2.24, 2.45) is 0 Å². The van der Waals surface area contributed by atoms with Gasteiger partial charge >= 0.3 is 0 Å². The predicted octanol–water partition coefficient (Wildman–Crippen LogP) is 1.91. The molecule has 0 fully saturated rings. The number of hydrogen-bond donors (Lipinski definition) is 0. The van der Waals surface area contributed by atoms with Gasteiger partial charge in [-0.1, -0.05) is 30.3 Å². The van der Waals surface area contributed by atoms with Crippen molar-refractivity contribution in [1.82, 2.24) is 4.90 Å². The summed E-state index contributed by atoms with van der Waals surface area (Å²) in [4.78, 5) is 24.9. The molecule has 0 saturated heterocycles. The van der Waals surface area contributed by atoms with E-state index in [0.717, 1.165) is 10.5 Å². The number of likely N-dealkylation sites (N-methyl/N-ethyl adjacent to an activating group) is 1. The fourth-order valence-corrected chi connectivity index (χ4v) is 1.91. The highest BCUT2D eigenvalue weighted by Crippen LogP contribution is 2.25. The topological polar surface area (TPSA) is 61.2 Å². The number of amides is 2. The minimum absolute atomic E-state index is 0.0179. The fourth-order valence-electron chi connectivity index (χ4n) is 1.91. The van der Waals surface area contributed by atoms with Gasteiger partial charge in [0.25, 0.3) is 11.8 Å². The van der Waals surface area contributed by atoms with Crippen molar-refractivity contribution in [1.29, 1.82) is 5.26 Å². The smallest absolute Gasteiger partial charge is 0.271 e. The summed E-state index contributed by atoms with van der Waals surface area (Å²) in [5, 5.41) is 9.03. The first-order valence-corrected chi connectivity index (χ1v) is 5.76. The number of carbonyl (C=O) groups is 2. The monoisotopic (exact) mass is 252 g/mol. The van der Waals surface area contributed by atoms with Gasteiger partial charge in [0.2, 0.25) is 0 Å². The van der Waals surface area contributed by atoms with Crippen LogP contribution in [0.5, 0.6) is 0 Å². The number of rotatable bonds is 1. The van der Waals surface area contributed by atoms with Gasteiger partial charge in [-0.3, -0.25) is 14.5 Å². The number of nitriles is 1. The molecule has 2 rings (SSSR count). The van der Waals surface area contributed by atoms with Crippen molar-refractivity contribution in [3.05, 3.63) is 52.6 Å². The number of nitrogens with zero attached hydrogens (tertiary/aromatic N) is 2. The molecule has 0 unspecified atom stereocenters. The molecule has 2 amide bonds. The van der Waals surface area contributed by atoms with E-state index in [0.29, 0.717) is 11.1 Å². The zero-order chi connectivity index (χ0) is 14.0. The lowest BCUT2D eigenvalue weighted by Gasteiger charge is -2.23. The molecule has 0 bridgehead atoms. The first-order valence-electron chi connectivity index (χ1n) is 5.76. The van der Waals surface area contributed by atoms with Crippen LogP contribution in [-0.2, 0) is 9.59 Å². The van der Waals surface area contributed by atoms with Crippen LogP contribution in [0.25, 0.3) is 6.08 Å². The van der Waals surface area contributed by atoms with Gasteiger partial charge in [0.15, 0.2) is 0 Å². The number of imide groups is 1. The van der Waals surface area contributed by atoms with Crippen LogP contribution < -0.4 is 0 Å². The summed E-state index contributed by atoms with van der Waals surface area (Å²) < 4.78 is 0. The van der Waals surface area contributed by atoms with E-state index in [1.165, 1.54) is 7.05 Å². The Morgan fingerprint density at radius 2 is 1.79 bits per heavy atom. The summed E-state index contributed by atoms with van der Waals surface area (Å²) >= 11 is 0. The van der Waals surface area contributed by atoms with E-state index < -0.39 is 5.91 Å². The maximum Gasteiger partial charge on any atom is 0.271 e. The summed E-state index contributed by atoms with van der Waals surface area (Å²) in [6.07, 6.45) is 1.69. The Bertz CT molecular complexity index is 648. The van der Waals surface area contributed by atoms with E-state index in [1.807, 2.05) is 36.4 Å². The van der Waals surface area contributed by atoms with Crippen LogP contribution in [0, 0.1) is 11.3 Å². The molecule has 94 valence electrons. The molecule has 0 aliphatic carbocycles. The molecule has 1 aromatic rings. The highest BCUT2D eigenvalue weighted by atomic mass is 16.2. The van der Waals surface area contributed by atoms with Gasteiger partial charge in [-0.15, -0.1) is 0 Å². The zero-order valence-corrected chi connectivity index (χ0v) is 10.7. The average Bonchev–Trinajstić information content (AvgIpc) is 2.43. The van der Waals surface area contributed by atoms with E-state index in [9.17, 15) is 9.59 Å². The van der Waals surface area contributed by atoms with Gasteiger partial charge in [-0.05, 0) is 24.1 Å². The normalized spacial score (nSPS) is 17.9. The van der Waals surface area contributed by atoms with Crippen LogP contribution in [0.1, 0.15) is 12.5 Å². The summed E-state index contributed by atoms with van der Waals surface area (Å²) in [7, 11) is 1.38. The van der Waals surface area contributed by atoms with Crippen molar-refractivity contribution < 1.29 is 9.59 Å². The van der Waals surface area contributed by atoms with Crippen LogP contribution in [0.15, 0.2) is 47.1 Å². The number of benzene rings is 1. The Balaban J connectivity index is 2.59. The third kappa shape index (κ3) is 2.18. The Morgan fingerprint density at radius 1 is 1.16 bits per heavy atom. The van der Waals surface area contributed by atoms with Gasteiger partial charge in [-0.2, -0.15) is 5.26 Å². The maximum atomic E-state index is 12.1. The quantitative estimate of drug-likeness (QED) is 0.566. The Labute approximate surface area is 111 Å². The molecule has 1 aliphatic heterocycles. The van der Waals surface area contributed by atoms with E-state index in [4.69, 9.17) is 5.26 Å². The van der Waals surface area contributed by atoms with Crippen LogP contribution in [-0.4, -0.2) is 23.8 Å². The minimum atomic E-state index is -0.546. The van der Waals surface area contributed by atoms with Gasteiger partial charge in [0.1, 0.15) is 11.6 Å². The highest BCUT2D eigenvalue weighted by Gasteiger charge is 2.32. The molecule has 0 radical (unpaired) electrons. The summed E-state index contributed by atoms with van der Waals surface area (Å²) in [6, 6.07) is 11.2. The standard InChI is InChI=1S/C15H12N2O2/c1-10-12(8-11-6-4-3-5-7-11)14(18)17(2)15(19)13(10)9-16/h3-8H,1-2H3/b12-8-. The average molecular weight is 252 g/mol. The van der Waals surface area contributed by atoms with Crippen molar-refractivity contribution >= 4 is 17.9 Å². The molecule has 4 heteroatoms. The molecule has 0 spiro atoms. The molecule has 19 heavy (non-hydrogen) atoms. The lowest BCUT2D eigenvalue weighted by Crippen LogP contribution is -2.39. The summed E-state index contributed by atoms with van der Waals surface area (Å²) in [5.74, 6) is -0.930. The minimum Gasteiger partial charge on any atom is -0.277 e. The summed E-state index contributed by atoms with van der Waals surface area (Å²) in [5.41, 5.74) is 1.68. The Morgan fingerprint density at radius 3 is 2.37 bits per heavy atom. The molecule has 0 atom stereocenters. The third-order valence-corrected chi connectivity index (χ3v) is 3.05. The molecule has 1 aliphatic rings. The van der Waals surface area contributed by atoms with Crippen molar-refractivity contribution in [2.75, 3.05) is 7.05 Å². The van der Waals surface area contributed by atoms with Crippen LogP contribution in [0.4, 0.5) is 0 Å². The Hall–Kier alpha value is -2.67. The van der Waals surface area contributed by atoms with E-state index in [-0.39, 0.29) is 11.5 Å². The molecular weight excluding hydrogens is 240 g/mol. The van der Waals surface area contributed by atoms with Crippen molar-refractivity contribution in [2.45, 2.75) is 6.92 Å². The first-order chi connectivity index (χ1) is 9.06. The van der Waals surface area contributed by atoms with Crippen molar-refractivity contribution in [3.8, 4) is 6.07 Å². The van der Waals surface area contributed by atoms with E-state index in [1.54, 1.807) is 13.0 Å². The molecule has 0 N–H and O–H groups in total. The van der Waals surface area contributed by atoms with Gasteiger partial charge in [-0.25, -0.2) is 0 Å². The van der Waals surface area contributed by atoms with Gasteiger partial charge in [0.05, 0.1) is 0 Å². The predicted molar refractivity (Wildman–Crippen MR) is 70.5 cm³/mol. The molecule has 4 nitrogen and oxygen atoms in total. The molecule has 1 heterocycles. The molecule has 1 aromatic carbocycles. The van der Waals surface area contributed by atoms with Gasteiger partial charge < -0.3 is 0 Å². The van der Waals surface area contributed by atoms with Crippen molar-refractivity contribution in [3.63, 3.8) is 0 Å². The van der Waals surface area contributed by atoms with E-state index in [2.05, 4.69) is 0 Å². The second kappa shape index (κ2) is 4.91. The second-order valence-electron chi connectivity index (χ2n) is 4.25. The number of carbonyl (C=O) groups excluding carboxylic acids is 2. The fraction of sp³-hybridized carbons (Fsp3) is 0.133. The van der Waals surface area contributed by atoms with Crippen LogP contribution in [0.3, 0.4) is 0 Å². The largest absolute Gasteiger partial charge is 0.277 e. The van der Waals surface area contributed by atoms with Crippen LogP contribution in [0.2, 0.25) is 0 Å². The first kappa shape index (κ1) is 12.8. The maximum absolute atomic E-state index is 12.1. The van der Waals surface area contributed by atoms with E-state index >= 15 is 0 Å². The number of hydrogen-bond acceptors (Lipinski definition) is 3. The van der Waals surface area contributed by atoms with Crippen LogP contribution >= 0.6 is 0 Å². The third-order valence-electron chi connectivity index (χ3n) is 3.05.